The summed E-state index contributed by atoms with van der Waals surface area (Å²) in [6, 6.07) is 1.85. The molecule has 0 saturated heterocycles. The Labute approximate surface area is 146 Å². The number of nitrogens with one attached hydrogen (secondary N) is 1. The van der Waals surface area contributed by atoms with E-state index in [1.54, 1.807) is 6.26 Å². The van der Waals surface area contributed by atoms with Crippen molar-refractivity contribution in [3.05, 3.63) is 18.1 Å². The van der Waals surface area contributed by atoms with Crippen LogP contribution in [-0.4, -0.2) is 32.0 Å². The minimum absolute atomic E-state index is 0.106. The number of furan rings is 1. The molecule has 0 radical (unpaired) electrons. The highest BCUT2D eigenvalue weighted by molar-refractivity contribution is 7.99. The summed E-state index contributed by atoms with van der Waals surface area (Å²) in [5.74, 6) is 4.32. The number of aryl methyl sites for hydroxylation is 1. The maximum Gasteiger partial charge on any atom is 0.231 e. The number of rotatable bonds is 7. The van der Waals surface area contributed by atoms with Crippen LogP contribution in [-0.2, 0) is 11.8 Å². The number of carbonyl (C=O) groups excluding carboxylic acids is 1. The number of amides is 1. The fourth-order valence-electron chi connectivity index (χ4n) is 2.39. The number of terminal acetylenes is 1. The Kier molecular flexibility index (Phi) is 5.73. The summed E-state index contributed by atoms with van der Waals surface area (Å²) in [6.45, 7) is 5.82. The Morgan fingerprint density at radius 2 is 2.17 bits per heavy atom. The number of aromatic nitrogens is 3. The van der Waals surface area contributed by atoms with Crippen molar-refractivity contribution in [3.63, 3.8) is 0 Å². The number of hydrogen-bond acceptors (Lipinski definition) is 5. The first kappa shape index (κ1) is 18.1. The Hall–Kier alpha value is -2.20. The van der Waals surface area contributed by atoms with E-state index in [0.29, 0.717) is 23.8 Å². The maximum absolute atomic E-state index is 12.2. The zero-order valence-corrected chi connectivity index (χ0v) is 15.2. The molecule has 2 rings (SSSR count). The number of nitrogens with zero attached hydrogens (tertiary/aromatic N) is 3. The van der Waals surface area contributed by atoms with Crippen LogP contribution in [0.1, 0.15) is 32.4 Å². The van der Waals surface area contributed by atoms with Crippen molar-refractivity contribution >= 4 is 17.7 Å². The molecule has 0 saturated carbocycles. The molecule has 0 spiro atoms. The highest BCUT2D eigenvalue weighted by Crippen LogP contribution is 2.25. The summed E-state index contributed by atoms with van der Waals surface area (Å²) in [5.41, 5.74) is 0.320. The molecule has 0 bridgehead atoms. The van der Waals surface area contributed by atoms with E-state index in [2.05, 4.69) is 21.4 Å². The van der Waals surface area contributed by atoms with Crippen LogP contribution in [0.3, 0.4) is 0 Å². The van der Waals surface area contributed by atoms with Gasteiger partial charge in [0.05, 0.1) is 17.6 Å². The topological polar surface area (TPSA) is 73.0 Å². The average Bonchev–Trinajstić information content (AvgIpc) is 3.16. The Morgan fingerprint density at radius 3 is 2.71 bits per heavy atom. The molecule has 1 N–H and O–H groups in total. The van der Waals surface area contributed by atoms with E-state index in [9.17, 15) is 4.79 Å². The molecule has 1 amide bonds. The van der Waals surface area contributed by atoms with Crippen molar-refractivity contribution in [2.24, 2.45) is 7.05 Å². The van der Waals surface area contributed by atoms with E-state index < -0.39 is 5.54 Å². The smallest absolute Gasteiger partial charge is 0.231 e. The zero-order chi connectivity index (χ0) is 17.7. The van der Waals surface area contributed by atoms with E-state index in [4.69, 9.17) is 10.8 Å². The molecule has 0 unspecified atom stereocenters. The number of thioether (sulfide) groups is 1. The van der Waals surface area contributed by atoms with Gasteiger partial charge in [-0.2, -0.15) is 0 Å². The minimum Gasteiger partial charge on any atom is -0.469 e. The first-order valence-electron chi connectivity index (χ1n) is 7.81. The summed E-state index contributed by atoms with van der Waals surface area (Å²) >= 11 is 1.33. The van der Waals surface area contributed by atoms with Gasteiger partial charge in [-0.1, -0.05) is 31.5 Å². The van der Waals surface area contributed by atoms with Gasteiger partial charge in [-0.25, -0.2) is 0 Å². The highest BCUT2D eigenvalue weighted by Gasteiger charge is 2.25. The molecule has 0 aromatic carbocycles. The summed E-state index contributed by atoms with van der Waals surface area (Å²) in [6.07, 6.45) is 8.59. The summed E-state index contributed by atoms with van der Waals surface area (Å²) in [4.78, 5) is 12.2. The lowest BCUT2D eigenvalue weighted by Gasteiger charge is -2.26. The van der Waals surface area contributed by atoms with Gasteiger partial charge in [0.15, 0.2) is 11.0 Å². The van der Waals surface area contributed by atoms with Crippen LogP contribution in [0.2, 0.25) is 0 Å². The number of carbonyl (C=O) groups is 1. The van der Waals surface area contributed by atoms with Crippen LogP contribution in [0.4, 0.5) is 0 Å². The highest BCUT2D eigenvalue weighted by atomic mass is 32.2. The quantitative estimate of drug-likeness (QED) is 0.616. The molecule has 0 atom stereocenters. The Morgan fingerprint density at radius 1 is 1.46 bits per heavy atom. The fraction of sp³-hybridized carbons (Fsp3) is 0.471. The second-order valence-electron chi connectivity index (χ2n) is 5.53. The molecule has 0 aliphatic rings. The Bertz CT molecular complexity index is 753. The van der Waals surface area contributed by atoms with Gasteiger partial charge < -0.3 is 14.3 Å². The van der Waals surface area contributed by atoms with E-state index in [1.165, 1.54) is 11.8 Å². The molecule has 0 aliphatic heterocycles. The molecule has 7 heteroatoms. The van der Waals surface area contributed by atoms with Gasteiger partial charge in [0.2, 0.25) is 5.91 Å². The van der Waals surface area contributed by atoms with Crippen molar-refractivity contribution in [1.29, 1.82) is 0 Å². The third-order valence-corrected chi connectivity index (χ3v) is 5.15. The normalized spacial score (nSPS) is 11.3. The van der Waals surface area contributed by atoms with Crippen LogP contribution < -0.4 is 5.32 Å². The van der Waals surface area contributed by atoms with Gasteiger partial charge in [-0.05, 0) is 25.8 Å². The molecule has 2 aromatic rings. The fourth-order valence-corrected chi connectivity index (χ4v) is 3.10. The molecular weight excluding hydrogens is 324 g/mol. The van der Waals surface area contributed by atoms with Crippen LogP contribution in [0.25, 0.3) is 11.4 Å². The monoisotopic (exact) mass is 346 g/mol. The third kappa shape index (κ3) is 3.65. The van der Waals surface area contributed by atoms with E-state index in [0.717, 1.165) is 11.3 Å². The predicted octanol–water partition coefficient (Wildman–Crippen LogP) is 2.78. The van der Waals surface area contributed by atoms with Gasteiger partial charge in [-0.15, -0.1) is 16.6 Å². The van der Waals surface area contributed by atoms with Crippen LogP contribution in [0.5, 0.6) is 0 Å². The lowest BCUT2D eigenvalue weighted by Crippen LogP contribution is -2.47. The zero-order valence-electron chi connectivity index (χ0n) is 14.4. The molecule has 0 aliphatic carbocycles. The second kappa shape index (κ2) is 7.58. The molecule has 6 nitrogen and oxygen atoms in total. The van der Waals surface area contributed by atoms with Gasteiger partial charge in [-0.3, -0.25) is 4.79 Å². The van der Waals surface area contributed by atoms with Crippen molar-refractivity contribution in [1.82, 2.24) is 20.1 Å². The van der Waals surface area contributed by atoms with Crippen LogP contribution in [0, 0.1) is 19.3 Å². The lowest BCUT2D eigenvalue weighted by molar-refractivity contribution is -0.119. The molecule has 0 fully saturated rings. The standard InChI is InChI=1S/C17H22N4O2S/c1-6-17(7-2,8-3)18-14(22)11-24-16-20-19-15(21(16)5)13-9-10-23-12(13)4/h1,9-10H,7-8,11H2,2-5H3,(H,18,22). The minimum atomic E-state index is -0.573. The van der Waals surface area contributed by atoms with Gasteiger partial charge in [0, 0.05) is 7.05 Å². The SMILES string of the molecule is C#CC(CC)(CC)NC(=O)CSc1nnc(-c2ccoc2C)n1C. The molecule has 2 heterocycles. The van der Waals surface area contributed by atoms with Crippen molar-refractivity contribution in [2.75, 3.05) is 5.75 Å². The van der Waals surface area contributed by atoms with Crippen molar-refractivity contribution in [2.45, 2.75) is 44.3 Å². The maximum atomic E-state index is 12.2. The molecular formula is C17H22N4O2S. The average molecular weight is 346 g/mol. The Balaban J connectivity index is 2.03. The third-order valence-electron chi connectivity index (χ3n) is 4.13. The lowest BCUT2D eigenvalue weighted by atomic mass is 9.94. The van der Waals surface area contributed by atoms with E-state index in [-0.39, 0.29) is 11.7 Å². The summed E-state index contributed by atoms with van der Waals surface area (Å²) < 4.78 is 7.15. The van der Waals surface area contributed by atoms with Gasteiger partial charge in [0.25, 0.3) is 0 Å². The first-order chi connectivity index (χ1) is 11.5. The van der Waals surface area contributed by atoms with Gasteiger partial charge in [0.1, 0.15) is 11.3 Å². The molecule has 2 aromatic heterocycles. The second-order valence-corrected chi connectivity index (χ2v) is 6.47. The van der Waals surface area contributed by atoms with Crippen LogP contribution in [0.15, 0.2) is 21.9 Å². The van der Waals surface area contributed by atoms with E-state index in [1.807, 2.05) is 38.5 Å². The van der Waals surface area contributed by atoms with Crippen molar-refractivity contribution in [3.8, 4) is 23.7 Å². The predicted molar refractivity (Wildman–Crippen MR) is 94.5 cm³/mol. The largest absolute Gasteiger partial charge is 0.469 e. The summed E-state index contributed by atoms with van der Waals surface area (Å²) in [5, 5.41) is 12.0. The molecule has 24 heavy (non-hydrogen) atoms. The van der Waals surface area contributed by atoms with Crippen LogP contribution >= 0.6 is 11.8 Å². The summed E-state index contributed by atoms with van der Waals surface area (Å²) in [7, 11) is 1.87. The van der Waals surface area contributed by atoms with Gasteiger partial charge >= 0.3 is 0 Å². The first-order valence-corrected chi connectivity index (χ1v) is 8.80. The molecule has 128 valence electrons. The van der Waals surface area contributed by atoms with E-state index >= 15 is 0 Å². The number of hydrogen-bond donors (Lipinski definition) is 1. The van der Waals surface area contributed by atoms with Crippen molar-refractivity contribution < 1.29 is 9.21 Å².